The minimum atomic E-state index is 0.658. The standard InChI is InChI=1S/C15H21N3O/c1-11(2)7-9-14-17-15(19-18-14)10-8-12-5-3-4-6-13(12)16/h3-6,11H,7-10,16H2,1-2H3. The van der Waals surface area contributed by atoms with E-state index in [1.807, 2.05) is 24.3 Å². The number of hydrogen-bond acceptors (Lipinski definition) is 4. The van der Waals surface area contributed by atoms with Crippen LogP contribution in [0.1, 0.15) is 37.5 Å². The number of aromatic nitrogens is 2. The first-order valence-electron chi connectivity index (χ1n) is 6.80. The topological polar surface area (TPSA) is 64.9 Å². The third kappa shape index (κ3) is 4.09. The highest BCUT2D eigenvalue weighted by molar-refractivity contribution is 5.46. The summed E-state index contributed by atoms with van der Waals surface area (Å²) in [4.78, 5) is 4.41. The molecular formula is C15H21N3O. The van der Waals surface area contributed by atoms with Gasteiger partial charge in [0.25, 0.3) is 0 Å². The van der Waals surface area contributed by atoms with Gasteiger partial charge >= 0.3 is 0 Å². The van der Waals surface area contributed by atoms with E-state index in [2.05, 4.69) is 24.0 Å². The number of anilines is 1. The molecule has 0 aliphatic carbocycles. The Morgan fingerprint density at radius 2 is 1.95 bits per heavy atom. The molecule has 0 saturated heterocycles. The Morgan fingerprint density at radius 3 is 2.68 bits per heavy atom. The molecule has 2 aromatic rings. The Hall–Kier alpha value is -1.84. The normalized spacial score (nSPS) is 11.1. The number of nitrogen functional groups attached to an aromatic ring is 1. The van der Waals surface area contributed by atoms with E-state index in [-0.39, 0.29) is 0 Å². The summed E-state index contributed by atoms with van der Waals surface area (Å²) in [7, 11) is 0. The summed E-state index contributed by atoms with van der Waals surface area (Å²) in [6.45, 7) is 4.39. The molecule has 4 heteroatoms. The molecule has 0 amide bonds. The molecule has 102 valence electrons. The Morgan fingerprint density at radius 1 is 1.16 bits per heavy atom. The fraction of sp³-hybridized carbons (Fsp3) is 0.467. The first kappa shape index (κ1) is 13.6. The van der Waals surface area contributed by atoms with E-state index in [0.717, 1.165) is 42.8 Å². The molecule has 2 N–H and O–H groups in total. The summed E-state index contributed by atoms with van der Waals surface area (Å²) in [5.74, 6) is 2.16. The number of hydrogen-bond donors (Lipinski definition) is 1. The van der Waals surface area contributed by atoms with Crippen LogP contribution in [0.4, 0.5) is 5.69 Å². The minimum absolute atomic E-state index is 0.658. The molecule has 0 spiro atoms. The summed E-state index contributed by atoms with van der Waals surface area (Å²) >= 11 is 0. The van der Waals surface area contributed by atoms with Gasteiger partial charge in [0.2, 0.25) is 5.89 Å². The van der Waals surface area contributed by atoms with Crippen LogP contribution in [0.25, 0.3) is 0 Å². The molecule has 1 heterocycles. The average molecular weight is 259 g/mol. The van der Waals surface area contributed by atoms with Crippen molar-refractivity contribution in [1.29, 1.82) is 0 Å². The quantitative estimate of drug-likeness (QED) is 0.810. The second-order valence-electron chi connectivity index (χ2n) is 5.24. The van der Waals surface area contributed by atoms with Crippen LogP contribution in [-0.4, -0.2) is 10.1 Å². The molecule has 0 aliphatic rings. The molecule has 19 heavy (non-hydrogen) atoms. The van der Waals surface area contributed by atoms with Gasteiger partial charge in [-0.15, -0.1) is 0 Å². The van der Waals surface area contributed by atoms with Gasteiger partial charge in [-0.3, -0.25) is 0 Å². The summed E-state index contributed by atoms with van der Waals surface area (Å²) in [6.07, 6.45) is 3.54. The fourth-order valence-corrected chi connectivity index (χ4v) is 1.91. The maximum absolute atomic E-state index is 5.90. The van der Waals surface area contributed by atoms with Gasteiger partial charge < -0.3 is 10.3 Å². The van der Waals surface area contributed by atoms with E-state index in [1.165, 1.54) is 0 Å². The van der Waals surface area contributed by atoms with Gasteiger partial charge in [-0.25, -0.2) is 0 Å². The Labute approximate surface area is 114 Å². The smallest absolute Gasteiger partial charge is 0.226 e. The number of rotatable bonds is 6. The molecule has 2 rings (SSSR count). The lowest BCUT2D eigenvalue weighted by Crippen LogP contribution is -1.98. The van der Waals surface area contributed by atoms with Crippen molar-refractivity contribution in [3.8, 4) is 0 Å². The molecule has 1 aromatic carbocycles. The summed E-state index contributed by atoms with van der Waals surface area (Å²) in [6, 6.07) is 7.88. The van der Waals surface area contributed by atoms with Gasteiger partial charge in [-0.05, 0) is 30.4 Å². The Balaban J connectivity index is 1.88. The molecule has 0 aliphatic heterocycles. The third-order valence-electron chi connectivity index (χ3n) is 3.12. The van der Waals surface area contributed by atoms with Gasteiger partial charge in [0.05, 0.1) is 0 Å². The highest BCUT2D eigenvalue weighted by Crippen LogP contribution is 2.14. The van der Waals surface area contributed by atoms with Crippen LogP contribution in [0.5, 0.6) is 0 Å². The summed E-state index contributed by atoms with van der Waals surface area (Å²) in [5.41, 5.74) is 7.85. The number of nitrogens with two attached hydrogens (primary N) is 1. The maximum atomic E-state index is 5.90. The van der Waals surface area contributed by atoms with Gasteiger partial charge in [0, 0.05) is 18.5 Å². The van der Waals surface area contributed by atoms with Crippen molar-refractivity contribution in [3.63, 3.8) is 0 Å². The number of benzene rings is 1. The van der Waals surface area contributed by atoms with E-state index in [0.29, 0.717) is 11.8 Å². The number of nitrogens with zero attached hydrogens (tertiary/aromatic N) is 2. The van der Waals surface area contributed by atoms with Gasteiger partial charge in [0.1, 0.15) is 0 Å². The minimum Gasteiger partial charge on any atom is -0.399 e. The van der Waals surface area contributed by atoms with Crippen molar-refractivity contribution in [3.05, 3.63) is 41.5 Å². The molecule has 4 nitrogen and oxygen atoms in total. The van der Waals surface area contributed by atoms with E-state index >= 15 is 0 Å². The second-order valence-corrected chi connectivity index (χ2v) is 5.24. The molecule has 0 bridgehead atoms. The van der Waals surface area contributed by atoms with Crippen molar-refractivity contribution in [2.75, 3.05) is 5.73 Å². The van der Waals surface area contributed by atoms with Crippen LogP contribution in [0.15, 0.2) is 28.8 Å². The highest BCUT2D eigenvalue weighted by Gasteiger charge is 2.08. The first-order chi connectivity index (χ1) is 9.15. The lowest BCUT2D eigenvalue weighted by molar-refractivity contribution is 0.371. The maximum Gasteiger partial charge on any atom is 0.226 e. The molecule has 0 unspecified atom stereocenters. The van der Waals surface area contributed by atoms with Crippen LogP contribution < -0.4 is 5.73 Å². The zero-order valence-corrected chi connectivity index (χ0v) is 11.6. The van der Waals surface area contributed by atoms with Crippen molar-refractivity contribution in [2.24, 2.45) is 5.92 Å². The molecule has 0 fully saturated rings. The van der Waals surface area contributed by atoms with Crippen LogP contribution in [-0.2, 0) is 19.3 Å². The van der Waals surface area contributed by atoms with Gasteiger partial charge in [-0.1, -0.05) is 37.2 Å². The predicted molar refractivity (Wildman–Crippen MR) is 75.7 cm³/mol. The second kappa shape index (κ2) is 6.36. The Kier molecular flexibility index (Phi) is 4.55. The first-order valence-corrected chi connectivity index (χ1v) is 6.80. The summed E-state index contributed by atoms with van der Waals surface area (Å²) in [5, 5.41) is 4.01. The van der Waals surface area contributed by atoms with Crippen LogP contribution in [0.2, 0.25) is 0 Å². The van der Waals surface area contributed by atoms with E-state index in [4.69, 9.17) is 10.3 Å². The van der Waals surface area contributed by atoms with Crippen LogP contribution in [0.3, 0.4) is 0 Å². The van der Waals surface area contributed by atoms with E-state index < -0.39 is 0 Å². The Bertz CT molecular complexity index is 520. The van der Waals surface area contributed by atoms with Crippen molar-refractivity contribution in [1.82, 2.24) is 10.1 Å². The predicted octanol–water partition coefficient (Wildman–Crippen LogP) is 3.03. The monoisotopic (exact) mass is 259 g/mol. The van der Waals surface area contributed by atoms with Crippen molar-refractivity contribution < 1.29 is 4.52 Å². The van der Waals surface area contributed by atoms with Gasteiger partial charge in [-0.2, -0.15) is 4.98 Å². The van der Waals surface area contributed by atoms with E-state index in [9.17, 15) is 0 Å². The number of aryl methyl sites for hydroxylation is 3. The number of para-hydroxylation sites is 1. The molecular weight excluding hydrogens is 238 g/mol. The fourth-order valence-electron chi connectivity index (χ4n) is 1.91. The SMILES string of the molecule is CC(C)CCc1noc(CCc2ccccc2N)n1. The zero-order valence-electron chi connectivity index (χ0n) is 11.6. The van der Waals surface area contributed by atoms with Crippen LogP contribution in [0, 0.1) is 5.92 Å². The zero-order chi connectivity index (χ0) is 13.7. The van der Waals surface area contributed by atoms with Crippen molar-refractivity contribution >= 4 is 5.69 Å². The van der Waals surface area contributed by atoms with Gasteiger partial charge in [0.15, 0.2) is 5.82 Å². The molecule has 1 aromatic heterocycles. The van der Waals surface area contributed by atoms with Crippen molar-refractivity contribution in [2.45, 2.75) is 39.5 Å². The molecule has 0 atom stereocenters. The molecule has 0 radical (unpaired) electrons. The van der Waals surface area contributed by atoms with Crippen LogP contribution >= 0.6 is 0 Å². The lowest BCUT2D eigenvalue weighted by atomic mass is 10.1. The molecule has 0 saturated carbocycles. The lowest BCUT2D eigenvalue weighted by Gasteiger charge is -2.02. The van der Waals surface area contributed by atoms with E-state index in [1.54, 1.807) is 0 Å². The third-order valence-corrected chi connectivity index (χ3v) is 3.12. The summed E-state index contributed by atoms with van der Waals surface area (Å²) < 4.78 is 5.26. The largest absolute Gasteiger partial charge is 0.399 e. The average Bonchev–Trinajstić information content (AvgIpc) is 2.83. The highest BCUT2D eigenvalue weighted by atomic mass is 16.5.